The van der Waals surface area contributed by atoms with Crippen LogP contribution in [-0.4, -0.2) is 57.4 Å². The van der Waals surface area contributed by atoms with Crippen LogP contribution in [0.3, 0.4) is 0 Å². The van der Waals surface area contributed by atoms with E-state index >= 15 is 4.39 Å². The molecule has 1 atom stereocenters. The number of fused-ring (bicyclic) bond motifs is 3. The molecule has 264 valence electrons. The molecule has 0 N–H and O–H groups in total. The molecule has 1 aliphatic carbocycles. The Bertz CT molecular complexity index is 1730. The third-order valence-corrected chi connectivity index (χ3v) is 7.94. The Hall–Kier alpha value is -5.45. The van der Waals surface area contributed by atoms with E-state index in [1.807, 2.05) is 6.92 Å². The summed E-state index contributed by atoms with van der Waals surface area (Å²) in [6, 6.07) is 15.1. The van der Waals surface area contributed by atoms with Crippen molar-refractivity contribution in [1.82, 2.24) is 0 Å². The highest BCUT2D eigenvalue weighted by molar-refractivity contribution is 5.93. The zero-order chi connectivity index (χ0) is 36.0. The number of halogens is 1. The largest absolute Gasteiger partial charge is 0.493 e. The quantitative estimate of drug-likeness (QED) is 0.0419. The van der Waals surface area contributed by atoms with Crippen LogP contribution in [-0.2, 0) is 35.0 Å². The zero-order valence-corrected chi connectivity index (χ0v) is 28.3. The molecule has 50 heavy (non-hydrogen) atoms. The first-order chi connectivity index (χ1) is 24.1. The summed E-state index contributed by atoms with van der Waals surface area (Å²) in [6.45, 7) is 9.71. The summed E-state index contributed by atoms with van der Waals surface area (Å²) in [5, 5.41) is 0. The first-order valence-corrected chi connectivity index (χ1v) is 16.4. The van der Waals surface area contributed by atoms with Crippen molar-refractivity contribution in [2.45, 2.75) is 51.6 Å². The van der Waals surface area contributed by atoms with Gasteiger partial charge in [-0.05, 0) is 91.3 Å². The van der Waals surface area contributed by atoms with Gasteiger partial charge < -0.3 is 28.4 Å². The molecular formula is C39H41FO10. The number of alkyl halides is 1. The average molecular weight is 689 g/mol. The van der Waals surface area contributed by atoms with Crippen molar-refractivity contribution < 1.29 is 52.0 Å². The summed E-state index contributed by atoms with van der Waals surface area (Å²) in [5.74, 6) is -0.913. The Balaban J connectivity index is 1.23. The van der Waals surface area contributed by atoms with Crippen LogP contribution in [0, 0.1) is 0 Å². The predicted molar refractivity (Wildman–Crippen MR) is 183 cm³/mol. The number of carbonyl (C=O) groups excluding carboxylic acids is 4. The predicted octanol–water partition coefficient (Wildman–Crippen LogP) is 7.22. The van der Waals surface area contributed by atoms with Gasteiger partial charge in [0.1, 0.15) is 30.5 Å². The van der Waals surface area contributed by atoms with E-state index < -0.39 is 30.0 Å². The van der Waals surface area contributed by atoms with Crippen LogP contribution in [0.5, 0.6) is 17.2 Å². The Morgan fingerprint density at radius 1 is 0.800 bits per heavy atom. The minimum atomic E-state index is -1.44. The third kappa shape index (κ3) is 10.0. The van der Waals surface area contributed by atoms with E-state index in [0.29, 0.717) is 53.2 Å². The van der Waals surface area contributed by atoms with Crippen molar-refractivity contribution in [3.63, 3.8) is 0 Å². The summed E-state index contributed by atoms with van der Waals surface area (Å²) in [4.78, 5) is 47.4. The molecule has 0 aromatic heterocycles. The second-order valence-electron chi connectivity index (χ2n) is 11.4. The van der Waals surface area contributed by atoms with Gasteiger partial charge in [0.05, 0.1) is 32.3 Å². The van der Waals surface area contributed by atoms with Crippen molar-refractivity contribution in [2.24, 2.45) is 0 Å². The van der Waals surface area contributed by atoms with Crippen molar-refractivity contribution in [3.05, 3.63) is 102 Å². The fraction of sp³-hybridized carbons (Fsp3) is 0.333. The van der Waals surface area contributed by atoms with E-state index in [2.05, 4.69) is 17.9 Å². The van der Waals surface area contributed by atoms with Gasteiger partial charge in [-0.25, -0.2) is 18.8 Å². The monoisotopic (exact) mass is 688 g/mol. The second-order valence-corrected chi connectivity index (χ2v) is 11.4. The lowest BCUT2D eigenvalue weighted by Gasteiger charge is -2.13. The number of methoxy groups -OCH3 is 1. The molecule has 11 heteroatoms. The Labute approximate surface area is 290 Å². The summed E-state index contributed by atoms with van der Waals surface area (Å²) in [7, 11) is 1.24. The smallest absolute Gasteiger partial charge is 0.343 e. The lowest BCUT2D eigenvalue weighted by molar-refractivity contribution is -0.144. The summed E-state index contributed by atoms with van der Waals surface area (Å²) >= 11 is 0. The molecule has 3 aromatic rings. The average Bonchev–Trinajstić information content (AvgIpc) is 3.40. The molecule has 3 aromatic carbocycles. The van der Waals surface area contributed by atoms with E-state index in [1.54, 1.807) is 48.5 Å². The van der Waals surface area contributed by atoms with Gasteiger partial charge in [-0.1, -0.05) is 32.2 Å². The molecule has 0 heterocycles. The number of aryl methyl sites for hydroxylation is 1. The standard InChI is InChI=1S/C39H41FO10/c1-5-26-22-27(11-16-34(26)47-17-9-7-8-10-18-49-38(43)25(3)21-36(42)45-4)39(44)50-29-13-15-31-30-14-12-28(46-19-20-48-35(41)6-2)23-32(30)37(40)33(31)24-29/h6,11-16,22-24,37H,2-3,5,7-10,17-21H2,1,4H3. The fourth-order valence-corrected chi connectivity index (χ4v) is 5.29. The molecule has 0 bridgehead atoms. The van der Waals surface area contributed by atoms with E-state index in [0.717, 1.165) is 36.5 Å². The maximum atomic E-state index is 15.6. The highest BCUT2D eigenvalue weighted by Gasteiger charge is 2.30. The van der Waals surface area contributed by atoms with Crippen molar-refractivity contribution in [3.8, 4) is 28.4 Å². The van der Waals surface area contributed by atoms with E-state index in [9.17, 15) is 19.2 Å². The maximum absolute atomic E-state index is 15.6. The highest BCUT2D eigenvalue weighted by Crippen LogP contribution is 2.48. The molecule has 0 radical (unpaired) electrons. The fourth-order valence-electron chi connectivity index (χ4n) is 5.29. The normalized spacial score (nSPS) is 12.6. The first-order valence-electron chi connectivity index (χ1n) is 16.4. The minimum Gasteiger partial charge on any atom is -0.493 e. The second kappa shape index (κ2) is 18.4. The molecule has 0 spiro atoms. The molecular weight excluding hydrogens is 647 g/mol. The molecule has 4 rings (SSSR count). The first kappa shape index (κ1) is 37.4. The number of hydrogen-bond acceptors (Lipinski definition) is 10. The van der Waals surface area contributed by atoms with Crippen LogP contribution >= 0.6 is 0 Å². The van der Waals surface area contributed by atoms with Crippen LogP contribution in [0.2, 0.25) is 0 Å². The van der Waals surface area contributed by atoms with Crippen LogP contribution in [0.4, 0.5) is 4.39 Å². The van der Waals surface area contributed by atoms with Crippen molar-refractivity contribution in [2.75, 3.05) is 33.5 Å². The van der Waals surface area contributed by atoms with Crippen LogP contribution in [0.1, 0.15) is 72.2 Å². The van der Waals surface area contributed by atoms with Crippen molar-refractivity contribution in [1.29, 1.82) is 0 Å². The van der Waals surface area contributed by atoms with Gasteiger partial charge in [0, 0.05) is 22.8 Å². The summed E-state index contributed by atoms with van der Waals surface area (Å²) in [5.41, 5.74) is 3.52. The number of esters is 4. The van der Waals surface area contributed by atoms with Crippen LogP contribution in [0.25, 0.3) is 11.1 Å². The Morgan fingerprint density at radius 3 is 2.16 bits per heavy atom. The summed E-state index contributed by atoms with van der Waals surface area (Å²) < 4.78 is 47.4. The van der Waals surface area contributed by atoms with Gasteiger partial charge >= 0.3 is 23.9 Å². The topological polar surface area (TPSA) is 124 Å². The maximum Gasteiger partial charge on any atom is 0.343 e. The molecule has 0 amide bonds. The number of benzene rings is 3. The van der Waals surface area contributed by atoms with Gasteiger partial charge in [0.15, 0.2) is 6.17 Å². The Morgan fingerprint density at radius 2 is 1.48 bits per heavy atom. The number of hydrogen-bond donors (Lipinski definition) is 0. The van der Waals surface area contributed by atoms with E-state index in [-0.39, 0.29) is 37.6 Å². The lowest BCUT2D eigenvalue weighted by atomic mass is 10.1. The molecule has 0 saturated carbocycles. The van der Waals surface area contributed by atoms with Gasteiger partial charge in [-0.2, -0.15) is 0 Å². The van der Waals surface area contributed by atoms with E-state index in [4.69, 9.17) is 23.7 Å². The molecule has 0 saturated heterocycles. The molecule has 0 fully saturated rings. The van der Waals surface area contributed by atoms with Gasteiger partial charge in [0.25, 0.3) is 0 Å². The van der Waals surface area contributed by atoms with Crippen molar-refractivity contribution >= 4 is 23.9 Å². The van der Waals surface area contributed by atoms with Crippen LogP contribution in [0.15, 0.2) is 79.4 Å². The van der Waals surface area contributed by atoms with Crippen LogP contribution < -0.4 is 14.2 Å². The SMILES string of the molecule is C=CC(=O)OCCOc1ccc2c(c1)C(F)c1cc(OC(=O)c3ccc(OCCCCCCOC(=O)C(=C)CC(=O)OC)c(CC)c3)ccc1-2. The third-order valence-electron chi connectivity index (χ3n) is 7.94. The number of ether oxygens (including phenoxy) is 6. The number of rotatable bonds is 19. The molecule has 1 aliphatic rings. The highest BCUT2D eigenvalue weighted by atomic mass is 19.1. The van der Waals surface area contributed by atoms with Gasteiger partial charge in [-0.15, -0.1) is 0 Å². The lowest BCUT2D eigenvalue weighted by Crippen LogP contribution is -2.12. The Kier molecular flexibility index (Phi) is 13.7. The molecule has 1 unspecified atom stereocenters. The number of carbonyl (C=O) groups is 4. The van der Waals surface area contributed by atoms with E-state index in [1.165, 1.54) is 13.2 Å². The van der Waals surface area contributed by atoms with Gasteiger partial charge in [-0.3, -0.25) is 4.79 Å². The minimum absolute atomic E-state index is 0.0371. The molecule has 0 aliphatic heterocycles. The molecule has 10 nitrogen and oxygen atoms in total. The van der Waals surface area contributed by atoms with Gasteiger partial charge in [0.2, 0.25) is 0 Å². The zero-order valence-electron chi connectivity index (χ0n) is 28.3. The number of unbranched alkanes of at least 4 members (excludes halogenated alkanes) is 3. The summed E-state index contributed by atoms with van der Waals surface area (Å²) in [6.07, 6.45) is 3.22.